The standard InChI is InChI=1S/C16H16F3NO4S/c1-11-2-7-15(24-11)25(21,22)20-8-9-23-14(10-20)12-3-5-13(6-4-12)16(17,18)19/h2-7,14H,8-10H2,1H3. The Morgan fingerprint density at radius 2 is 1.80 bits per heavy atom. The fourth-order valence-corrected chi connectivity index (χ4v) is 3.99. The van der Waals surface area contributed by atoms with Crippen molar-refractivity contribution < 1.29 is 30.7 Å². The van der Waals surface area contributed by atoms with Crippen LogP contribution in [0.5, 0.6) is 0 Å². The van der Waals surface area contributed by atoms with Crippen molar-refractivity contribution in [1.29, 1.82) is 0 Å². The van der Waals surface area contributed by atoms with Crippen LogP contribution in [0.25, 0.3) is 0 Å². The van der Waals surface area contributed by atoms with Gasteiger partial charge in [-0.2, -0.15) is 17.5 Å². The molecule has 136 valence electrons. The fourth-order valence-electron chi connectivity index (χ4n) is 2.61. The van der Waals surface area contributed by atoms with Crippen molar-refractivity contribution in [2.24, 2.45) is 0 Å². The Kier molecular flexibility index (Phi) is 4.65. The number of furan rings is 1. The van der Waals surface area contributed by atoms with Crippen molar-refractivity contribution in [1.82, 2.24) is 4.31 Å². The molecule has 1 fully saturated rings. The normalized spacial score (nSPS) is 19.9. The van der Waals surface area contributed by atoms with Gasteiger partial charge in [0.1, 0.15) is 5.76 Å². The molecule has 5 nitrogen and oxygen atoms in total. The number of nitrogens with zero attached hydrogens (tertiary/aromatic N) is 1. The third-order valence-electron chi connectivity index (χ3n) is 3.95. The smallest absolute Gasteiger partial charge is 0.416 e. The van der Waals surface area contributed by atoms with E-state index in [0.717, 1.165) is 12.1 Å². The third kappa shape index (κ3) is 3.73. The van der Waals surface area contributed by atoms with Gasteiger partial charge in [0.05, 0.1) is 18.3 Å². The van der Waals surface area contributed by atoms with Gasteiger partial charge in [0.2, 0.25) is 5.09 Å². The monoisotopic (exact) mass is 375 g/mol. The zero-order valence-electron chi connectivity index (χ0n) is 13.3. The van der Waals surface area contributed by atoms with E-state index in [9.17, 15) is 21.6 Å². The molecule has 1 unspecified atom stereocenters. The topological polar surface area (TPSA) is 59.8 Å². The van der Waals surface area contributed by atoms with Gasteiger partial charge in [-0.15, -0.1) is 0 Å². The number of aryl methyl sites for hydroxylation is 1. The summed E-state index contributed by atoms with van der Waals surface area (Å²) < 4.78 is 75.1. The zero-order chi connectivity index (χ0) is 18.2. The summed E-state index contributed by atoms with van der Waals surface area (Å²) in [5, 5.41) is -0.155. The highest BCUT2D eigenvalue weighted by Gasteiger charge is 2.34. The first-order valence-electron chi connectivity index (χ1n) is 7.53. The molecule has 2 aromatic rings. The van der Waals surface area contributed by atoms with Gasteiger partial charge in [-0.3, -0.25) is 0 Å². The summed E-state index contributed by atoms with van der Waals surface area (Å²) in [7, 11) is -3.81. The highest BCUT2D eigenvalue weighted by molar-refractivity contribution is 7.89. The molecule has 9 heteroatoms. The number of rotatable bonds is 3. The quantitative estimate of drug-likeness (QED) is 0.825. The summed E-state index contributed by atoms with van der Waals surface area (Å²) in [6.45, 7) is 1.95. The van der Waals surface area contributed by atoms with Gasteiger partial charge in [0, 0.05) is 13.1 Å². The zero-order valence-corrected chi connectivity index (χ0v) is 14.1. The van der Waals surface area contributed by atoms with Crippen LogP contribution >= 0.6 is 0 Å². The molecule has 2 heterocycles. The summed E-state index contributed by atoms with van der Waals surface area (Å²) in [4.78, 5) is 0. The number of hydrogen-bond acceptors (Lipinski definition) is 4. The number of ether oxygens (including phenoxy) is 1. The first-order valence-corrected chi connectivity index (χ1v) is 8.97. The minimum atomic E-state index is -4.42. The van der Waals surface area contributed by atoms with Crippen LogP contribution in [0.4, 0.5) is 13.2 Å². The molecule has 1 aromatic carbocycles. The summed E-state index contributed by atoms with van der Waals surface area (Å²) in [6.07, 6.45) is -5.06. The SMILES string of the molecule is Cc1ccc(S(=O)(=O)N2CCOC(c3ccc(C(F)(F)F)cc3)C2)o1. The summed E-state index contributed by atoms with van der Waals surface area (Å²) in [5.74, 6) is 0.478. The minimum absolute atomic E-state index is 0.00739. The van der Waals surface area contributed by atoms with Gasteiger partial charge in [-0.1, -0.05) is 12.1 Å². The Balaban J connectivity index is 1.79. The Morgan fingerprint density at radius 1 is 1.12 bits per heavy atom. The van der Waals surface area contributed by atoms with Crippen molar-refractivity contribution in [3.63, 3.8) is 0 Å². The van der Waals surface area contributed by atoms with Gasteiger partial charge in [0.25, 0.3) is 10.0 Å². The number of hydrogen-bond donors (Lipinski definition) is 0. The largest absolute Gasteiger partial charge is 0.449 e. The molecule has 25 heavy (non-hydrogen) atoms. The Morgan fingerprint density at radius 3 is 2.36 bits per heavy atom. The lowest BCUT2D eigenvalue weighted by Crippen LogP contribution is -2.42. The molecule has 1 aromatic heterocycles. The van der Waals surface area contributed by atoms with Crippen LogP contribution < -0.4 is 0 Å². The average Bonchev–Trinajstić information content (AvgIpc) is 3.02. The second-order valence-corrected chi connectivity index (χ2v) is 7.58. The molecule has 0 spiro atoms. The van der Waals surface area contributed by atoms with Crippen molar-refractivity contribution in [2.45, 2.75) is 24.3 Å². The van der Waals surface area contributed by atoms with Crippen LogP contribution in [0.1, 0.15) is 23.0 Å². The molecule has 0 aliphatic carbocycles. The molecule has 0 bridgehead atoms. The number of halogens is 3. The highest BCUT2D eigenvalue weighted by Crippen LogP contribution is 2.32. The molecule has 0 N–H and O–H groups in total. The van der Waals surface area contributed by atoms with Crippen LogP contribution in [-0.2, 0) is 20.9 Å². The fraction of sp³-hybridized carbons (Fsp3) is 0.375. The van der Waals surface area contributed by atoms with Crippen LogP contribution in [-0.4, -0.2) is 32.4 Å². The van der Waals surface area contributed by atoms with Gasteiger partial charge in [0.15, 0.2) is 0 Å². The predicted octanol–water partition coefficient (Wildman–Crippen LogP) is 3.37. The van der Waals surface area contributed by atoms with E-state index in [-0.39, 0.29) is 24.8 Å². The number of benzene rings is 1. The Labute approximate surface area is 143 Å². The molecule has 1 saturated heterocycles. The minimum Gasteiger partial charge on any atom is -0.449 e. The van der Waals surface area contributed by atoms with E-state index in [1.54, 1.807) is 13.0 Å². The molecule has 1 aliphatic heterocycles. The molecule has 0 amide bonds. The Hall–Kier alpha value is -1.84. The molecule has 3 rings (SSSR count). The number of alkyl halides is 3. The predicted molar refractivity (Wildman–Crippen MR) is 82.3 cm³/mol. The van der Waals surface area contributed by atoms with Crippen LogP contribution in [0.2, 0.25) is 0 Å². The second-order valence-electron chi connectivity index (χ2n) is 5.71. The third-order valence-corrected chi connectivity index (χ3v) is 5.69. The summed E-state index contributed by atoms with van der Waals surface area (Å²) in [6, 6.07) is 7.47. The van der Waals surface area contributed by atoms with E-state index in [1.807, 2.05) is 0 Å². The van der Waals surface area contributed by atoms with Crippen molar-refractivity contribution in [2.75, 3.05) is 19.7 Å². The van der Waals surface area contributed by atoms with E-state index in [4.69, 9.17) is 9.15 Å². The second kappa shape index (κ2) is 6.47. The maximum Gasteiger partial charge on any atom is 0.416 e. The van der Waals surface area contributed by atoms with Crippen molar-refractivity contribution in [3.8, 4) is 0 Å². The first kappa shape index (κ1) is 18.0. The molecule has 0 radical (unpaired) electrons. The van der Waals surface area contributed by atoms with Crippen molar-refractivity contribution >= 4 is 10.0 Å². The highest BCUT2D eigenvalue weighted by atomic mass is 32.2. The van der Waals surface area contributed by atoms with Gasteiger partial charge < -0.3 is 9.15 Å². The van der Waals surface area contributed by atoms with E-state index in [2.05, 4.69) is 0 Å². The maximum absolute atomic E-state index is 12.6. The lowest BCUT2D eigenvalue weighted by Gasteiger charge is -2.31. The first-order chi connectivity index (χ1) is 11.7. The lowest BCUT2D eigenvalue weighted by atomic mass is 10.1. The van der Waals surface area contributed by atoms with Gasteiger partial charge in [-0.05, 0) is 36.8 Å². The van der Waals surface area contributed by atoms with Gasteiger partial charge in [-0.25, -0.2) is 8.42 Å². The van der Waals surface area contributed by atoms with E-state index >= 15 is 0 Å². The van der Waals surface area contributed by atoms with E-state index in [0.29, 0.717) is 11.3 Å². The van der Waals surface area contributed by atoms with Crippen molar-refractivity contribution in [3.05, 3.63) is 53.3 Å². The van der Waals surface area contributed by atoms with E-state index in [1.165, 1.54) is 22.5 Å². The maximum atomic E-state index is 12.6. The number of morpholine rings is 1. The molecule has 1 aliphatic rings. The lowest BCUT2D eigenvalue weighted by molar-refractivity contribution is -0.137. The average molecular weight is 375 g/mol. The molecule has 0 saturated carbocycles. The molecular formula is C16H16F3NO4S. The van der Waals surface area contributed by atoms with Crippen LogP contribution in [0.3, 0.4) is 0 Å². The van der Waals surface area contributed by atoms with E-state index < -0.39 is 27.9 Å². The summed E-state index contributed by atoms with van der Waals surface area (Å²) >= 11 is 0. The molecular weight excluding hydrogens is 359 g/mol. The number of sulfonamides is 1. The Bertz CT molecular complexity index is 843. The van der Waals surface area contributed by atoms with Crippen LogP contribution in [0.15, 0.2) is 45.9 Å². The van der Waals surface area contributed by atoms with Crippen LogP contribution in [0, 0.1) is 6.92 Å². The summed E-state index contributed by atoms with van der Waals surface area (Å²) in [5.41, 5.74) is -0.272. The van der Waals surface area contributed by atoms with Gasteiger partial charge >= 0.3 is 6.18 Å². The molecule has 1 atom stereocenters.